The predicted octanol–water partition coefficient (Wildman–Crippen LogP) is 2.44. The van der Waals surface area contributed by atoms with Gasteiger partial charge in [-0.2, -0.15) is 0 Å². The topological polar surface area (TPSA) is 19.7 Å². The van der Waals surface area contributed by atoms with Crippen LogP contribution in [0.15, 0.2) is 18.7 Å². The maximum Gasteiger partial charge on any atom is 0.241 e. The Labute approximate surface area is 74.6 Å². The number of aromatic amines is 1. The largest absolute Gasteiger partial charge is 0.250 e. The molecule has 0 saturated carbocycles. The minimum atomic E-state index is 0.691. The number of imidazole rings is 1. The van der Waals surface area contributed by atoms with Gasteiger partial charge in [0.25, 0.3) is 0 Å². The van der Waals surface area contributed by atoms with Crippen molar-refractivity contribution in [1.82, 2.24) is 4.98 Å². The minimum absolute atomic E-state index is 0.691. The summed E-state index contributed by atoms with van der Waals surface area (Å²) in [4.78, 5) is 3.08. The molecule has 12 heavy (non-hydrogen) atoms. The van der Waals surface area contributed by atoms with Crippen LogP contribution in [0.3, 0.4) is 0 Å². The molecule has 1 unspecified atom stereocenters. The second kappa shape index (κ2) is 4.96. The third-order valence-corrected chi connectivity index (χ3v) is 2.35. The van der Waals surface area contributed by atoms with Gasteiger partial charge in [0, 0.05) is 0 Å². The minimum Gasteiger partial charge on any atom is -0.250 e. The van der Waals surface area contributed by atoms with Crippen molar-refractivity contribution < 1.29 is 4.57 Å². The SMILES string of the molecule is CCCCC(CC)[n+]1cc[nH]c1. The Morgan fingerprint density at radius 3 is 2.75 bits per heavy atom. The highest BCUT2D eigenvalue weighted by molar-refractivity contribution is 4.59. The van der Waals surface area contributed by atoms with E-state index in [1.165, 1.54) is 25.7 Å². The van der Waals surface area contributed by atoms with Crippen molar-refractivity contribution in [2.24, 2.45) is 0 Å². The van der Waals surface area contributed by atoms with Crippen molar-refractivity contribution in [1.29, 1.82) is 0 Å². The first-order valence-electron chi connectivity index (χ1n) is 4.92. The molecule has 1 atom stereocenters. The molecule has 0 aliphatic carbocycles. The summed E-state index contributed by atoms with van der Waals surface area (Å²) in [5.74, 6) is 0. The second-order valence-electron chi connectivity index (χ2n) is 3.26. The van der Waals surface area contributed by atoms with Gasteiger partial charge in [-0.15, -0.1) is 0 Å². The summed E-state index contributed by atoms with van der Waals surface area (Å²) in [6.07, 6.45) is 11.3. The van der Waals surface area contributed by atoms with E-state index in [1.54, 1.807) is 0 Å². The summed E-state index contributed by atoms with van der Waals surface area (Å²) in [5, 5.41) is 0. The zero-order valence-electron chi connectivity index (χ0n) is 8.09. The van der Waals surface area contributed by atoms with Crippen LogP contribution in [0.4, 0.5) is 0 Å². The Morgan fingerprint density at radius 1 is 1.42 bits per heavy atom. The summed E-state index contributed by atoms with van der Waals surface area (Å²) >= 11 is 0. The summed E-state index contributed by atoms with van der Waals surface area (Å²) < 4.78 is 2.27. The lowest BCUT2D eigenvalue weighted by Gasteiger charge is -2.09. The van der Waals surface area contributed by atoms with Crippen molar-refractivity contribution >= 4 is 0 Å². The Balaban J connectivity index is 2.45. The quantitative estimate of drug-likeness (QED) is 0.650. The van der Waals surface area contributed by atoms with Crippen LogP contribution in [0.1, 0.15) is 45.6 Å². The maximum absolute atomic E-state index is 3.08. The number of nitrogens with one attached hydrogen (secondary N) is 1. The van der Waals surface area contributed by atoms with Crippen molar-refractivity contribution in [2.45, 2.75) is 45.6 Å². The molecule has 0 spiro atoms. The normalized spacial score (nSPS) is 13.2. The van der Waals surface area contributed by atoms with E-state index in [9.17, 15) is 0 Å². The Hall–Kier alpha value is -0.790. The van der Waals surface area contributed by atoms with Gasteiger partial charge in [0.2, 0.25) is 6.33 Å². The first kappa shape index (κ1) is 9.30. The molecule has 0 aliphatic rings. The van der Waals surface area contributed by atoms with E-state index in [0.717, 1.165) is 0 Å². The average Bonchev–Trinajstić information content (AvgIpc) is 2.59. The number of aromatic nitrogens is 2. The Kier molecular flexibility index (Phi) is 3.85. The molecule has 2 heteroatoms. The summed E-state index contributed by atoms with van der Waals surface area (Å²) in [5.41, 5.74) is 0. The first-order chi connectivity index (χ1) is 5.88. The highest BCUT2D eigenvalue weighted by Gasteiger charge is 2.11. The molecule has 0 fully saturated rings. The molecule has 1 rings (SSSR count). The second-order valence-corrected chi connectivity index (χ2v) is 3.26. The van der Waals surface area contributed by atoms with Crippen molar-refractivity contribution in [3.8, 4) is 0 Å². The molecule has 0 bridgehead atoms. The fraction of sp³-hybridized carbons (Fsp3) is 0.700. The van der Waals surface area contributed by atoms with E-state index >= 15 is 0 Å². The van der Waals surface area contributed by atoms with Gasteiger partial charge >= 0.3 is 0 Å². The Morgan fingerprint density at radius 2 is 2.25 bits per heavy atom. The van der Waals surface area contributed by atoms with Crippen LogP contribution in [0.2, 0.25) is 0 Å². The molecule has 1 aromatic heterocycles. The van der Waals surface area contributed by atoms with Crippen LogP contribution in [-0.2, 0) is 0 Å². The van der Waals surface area contributed by atoms with Crippen LogP contribution >= 0.6 is 0 Å². The van der Waals surface area contributed by atoms with Crippen molar-refractivity contribution in [3.63, 3.8) is 0 Å². The van der Waals surface area contributed by atoms with Gasteiger partial charge in [-0.25, -0.2) is 4.57 Å². The molecule has 2 nitrogen and oxygen atoms in total. The zero-order chi connectivity index (χ0) is 8.81. The third kappa shape index (κ3) is 2.36. The predicted molar refractivity (Wildman–Crippen MR) is 49.8 cm³/mol. The van der Waals surface area contributed by atoms with E-state index in [0.29, 0.717) is 6.04 Å². The Bertz CT molecular complexity index is 192. The summed E-state index contributed by atoms with van der Waals surface area (Å²) in [6, 6.07) is 0.691. The van der Waals surface area contributed by atoms with E-state index in [2.05, 4.69) is 29.6 Å². The number of hydrogen-bond donors (Lipinski definition) is 1. The number of unbranched alkanes of at least 4 members (excludes halogenated alkanes) is 1. The number of rotatable bonds is 5. The average molecular weight is 167 g/mol. The lowest BCUT2D eigenvalue weighted by molar-refractivity contribution is -0.722. The molecule has 0 radical (unpaired) electrons. The van der Waals surface area contributed by atoms with E-state index in [-0.39, 0.29) is 0 Å². The van der Waals surface area contributed by atoms with Gasteiger partial charge in [-0.3, -0.25) is 4.98 Å². The van der Waals surface area contributed by atoms with Crippen molar-refractivity contribution in [3.05, 3.63) is 18.7 Å². The summed E-state index contributed by atoms with van der Waals surface area (Å²) in [7, 11) is 0. The molecule has 1 aromatic rings. The van der Waals surface area contributed by atoms with Crippen LogP contribution in [0.5, 0.6) is 0 Å². The standard InChI is InChI=1S/C10H18N2/c1-3-5-6-10(4-2)12-8-7-11-9-12/h7-10H,3-6H2,1-2H3/p+1. The molecule has 0 amide bonds. The number of hydrogen-bond acceptors (Lipinski definition) is 0. The van der Waals surface area contributed by atoms with E-state index < -0.39 is 0 Å². The molecule has 0 aliphatic heterocycles. The van der Waals surface area contributed by atoms with Gasteiger partial charge < -0.3 is 0 Å². The van der Waals surface area contributed by atoms with Gasteiger partial charge in [0.05, 0.1) is 0 Å². The monoisotopic (exact) mass is 167 g/mol. The van der Waals surface area contributed by atoms with E-state index in [1.807, 2.05) is 12.5 Å². The van der Waals surface area contributed by atoms with Crippen LogP contribution in [0.25, 0.3) is 0 Å². The highest BCUT2D eigenvalue weighted by Crippen LogP contribution is 2.11. The number of H-pyrrole nitrogens is 1. The third-order valence-electron chi connectivity index (χ3n) is 2.35. The molecule has 0 aromatic carbocycles. The van der Waals surface area contributed by atoms with E-state index in [4.69, 9.17) is 0 Å². The van der Waals surface area contributed by atoms with Gasteiger partial charge in [-0.1, -0.05) is 20.3 Å². The molecule has 1 heterocycles. The molecule has 68 valence electrons. The highest BCUT2D eigenvalue weighted by atomic mass is 15.0. The fourth-order valence-electron chi connectivity index (χ4n) is 1.53. The first-order valence-corrected chi connectivity index (χ1v) is 4.92. The molecule has 0 saturated heterocycles. The van der Waals surface area contributed by atoms with Crippen LogP contribution in [-0.4, -0.2) is 4.98 Å². The fourth-order valence-corrected chi connectivity index (χ4v) is 1.53. The summed E-state index contributed by atoms with van der Waals surface area (Å²) in [6.45, 7) is 4.49. The smallest absolute Gasteiger partial charge is 0.241 e. The van der Waals surface area contributed by atoms with Gasteiger partial charge in [0.15, 0.2) is 0 Å². The lowest BCUT2D eigenvalue weighted by Crippen LogP contribution is -2.36. The van der Waals surface area contributed by atoms with Crippen LogP contribution in [0, 0.1) is 0 Å². The molecule has 1 N–H and O–H groups in total. The van der Waals surface area contributed by atoms with Gasteiger partial charge in [0.1, 0.15) is 18.4 Å². The maximum atomic E-state index is 3.08. The van der Waals surface area contributed by atoms with Crippen molar-refractivity contribution in [2.75, 3.05) is 0 Å². The zero-order valence-corrected chi connectivity index (χ0v) is 8.09. The number of nitrogens with zero attached hydrogens (tertiary/aromatic N) is 1. The molecular weight excluding hydrogens is 148 g/mol. The van der Waals surface area contributed by atoms with Gasteiger partial charge in [-0.05, 0) is 19.3 Å². The van der Waals surface area contributed by atoms with Crippen LogP contribution < -0.4 is 4.57 Å². The molecular formula is C10H19N2+. The lowest BCUT2D eigenvalue weighted by atomic mass is 10.1.